The van der Waals surface area contributed by atoms with Crippen LogP contribution in [0.1, 0.15) is 38.8 Å². The van der Waals surface area contributed by atoms with Crippen LogP contribution in [0.3, 0.4) is 0 Å². The number of nitrogens with zero attached hydrogens (tertiary/aromatic N) is 1. The molecule has 0 aliphatic carbocycles. The van der Waals surface area contributed by atoms with Gasteiger partial charge in [-0.1, -0.05) is 36.2 Å². The number of likely N-dealkylation sites (tertiary alicyclic amines) is 1. The van der Waals surface area contributed by atoms with E-state index in [1.807, 2.05) is 19.9 Å². The van der Waals surface area contributed by atoms with Gasteiger partial charge < -0.3 is 11.1 Å². The molecule has 0 bridgehead atoms. The fourth-order valence-corrected chi connectivity index (χ4v) is 3.56. The maximum absolute atomic E-state index is 12.5. The molecule has 0 spiro atoms. The highest BCUT2D eigenvalue weighted by molar-refractivity contribution is 6.35. The first kappa shape index (κ1) is 21.5. The number of halogens is 3. The number of hydrogen-bond acceptors (Lipinski definition) is 3. The molecule has 0 saturated carbocycles. The molecule has 4 nitrogen and oxygen atoms in total. The number of rotatable bonds is 5. The number of carbonyl (C=O) groups excluding carboxylic acids is 1. The second-order valence-electron chi connectivity index (χ2n) is 6.81. The van der Waals surface area contributed by atoms with E-state index in [0.29, 0.717) is 16.6 Å². The van der Waals surface area contributed by atoms with Crippen molar-refractivity contribution >= 4 is 41.5 Å². The average Bonchev–Trinajstić information content (AvgIpc) is 2.89. The minimum absolute atomic E-state index is 0. The van der Waals surface area contributed by atoms with Gasteiger partial charge in [0.15, 0.2) is 0 Å². The minimum Gasteiger partial charge on any atom is -0.348 e. The van der Waals surface area contributed by atoms with Crippen molar-refractivity contribution in [1.82, 2.24) is 10.2 Å². The van der Waals surface area contributed by atoms with Crippen LogP contribution in [-0.4, -0.2) is 36.5 Å². The fourth-order valence-electron chi connectivity index (χ4n) is 2.99. The third-order valence-electron chi connectivity index (χ3n) is 4.80. The fraction of sp³-hybridized carbons (Fsp3) is 0.588. The van der Waals surface area contributed by atoms with Gasteiger partial charge in [-0.25, -0.2) is 0 Å². The van der Waals surface area contributed by atoms with E-state index >= 15 is 0 Å². The molecule has 3 atom stereocenters. The monoisotopic (exact) mass is 393 g/mol. The molecular weight excluding hydrogens is 369 g/mol. The molecule has 136 valence electrons. The number of benzene rings is 1. The summed E-state index contributed by atoms with van der Waals surface area (Å²) in [4.78, 5) is 14.7. The van der Waals surface area contributed by atoms with E-state index < -0.39 is 0 Å². The summed E-state index contributed by atoms with van der Waals surface area (Å²) < 4.78 is 0. The average molecular weight is 395 g/mol. The van der Waals surface area contributed by atoms with Crippen molar-refractivity contribution in [2.24, 2.45) is 11.1 Å². The van der Waals surface area contributed by atoms with Gasteiger partial charge in [-0.05, 0) is 56.5 Å². The van der Waals surface area contributed by atoms with E-state index in [0.717, 1.165) is 25.1 Å². The number of nitrogens with one attached hydrogen (secondary N) is 1. The van der Waals surface area contributed by atoms with Gasteiger partial charge in [0, 0.05) is 16.6 Å². The van der Waals surface area contributed by atoms with Crippen LogP contribution in [0.15, 0.2) is 18.2 Å². The van der Waals surface area contributed by atoms with Crippen LogP contribution in [0, 0.1) is 5.41 Å². The molecule has 1 saturated heterocycles. The van der Waals surface area contributed by atoms with Crippen LogP contribution >= 0.6 is 35.6 Å². The summed E-state index contributed by atoms with van der Waals surface area (Å²) in [7, 11) is 0. The second-order valence-corrected chi connectivity index (χ2v) is 7.65. The summed E-state index contributed by atoms with van der Waals surface area (Å²) in [5, 5.41) is 4.19. The van der Waals surface area contributed by atoms with E-state index in [1.165, 1.54) is 0 Å². The highest BCUT2D eigenvalue weighted by Gasteiger charge is 2.36. The highest BCUT2D eigenvalue weighted by Crippen LogP contribution is 2.30. The summed E-state index contributed by atoms with van der Waals surface area (Å²) in [6.45, 7) is 8.44. The number of nitrogens with two attached hydrogens (primary N) is 1. The van der Waals surface area contributed by atoms with Crippen LogP contribution in [0.2, 0.25) is 10.0 Å². The summed E-state index contributed by atoms with van der Waals surface area (Å²) in [5.41, 5.74) is 6.82. The molecule has 2 rings (SSSR count). The molecular formula is C17H26Cl3N3O. The summed E-state index contributed by atoms with van der Waals surface area (Å²) in [6, 6.07) is 4.97. The molecule has 1 aliphatic heterocycles. The number of carbonyl (C=O) groups is 1. The maximum atomic E-state index is 12.5. The molecule has 1 amide bonds. The van der Waals surface area contributed by atoms with Crippen LogP contribution < -0.4 is 11.1 Å². The van der Waals surface area contributed by atoms with Crippen molar-refractivity contribution in [3.05, 3.63) is 33.8 Å². The van der Waals surface area contributed by atoms with E-state index in [4.69, 9.17) is 28.9 Å². The smallest absolute Gasteiger partial charge is 0.237 e. The molecule has 1 fully saturated rings. The van der Waals surface area contributed by atoms with Crippen LogP contribution in [0.5, 0.6) is 0 Å². The summed E-state index contributed by atoms with van der Waals surface area (Å²) in [6.07, 6.45) is 1.03. The lowest BCUT2D eigenvalue weighted by Crippen LogP contribution is -2.46. The molecule has 1 aromatic rings. The first-order valence-corrected chi connectivity index (χ1v) is 8.71. The predicted octanol–water partition coefficient (Wildman–Crippen LogP) is 3.65. The van der Waals surface area contributed by atoms with Crippen molar-refractivity contribution in [1.29, 1.82) is 0 Å². The highest BCUT2D eigenvalue weighted by atomic mass is 35.5. The molecule has 3 N–H and O–H groups in total. The quantitative estimate of drug-likeness (QED) is 0.801. The molecule has 0 aromatic heterocycles. The van der Waals surface area contributed by atoms with Gasteiger partial charge in [0.1, 0.15) is 0 Å². The van der Waals surface area contributed by atoms with Gasteiger partial charge in [-0.3, -0.25) is 9.69 Å². The van der Waals surface area contributed by atoms with Crippen molar-refractivity contribution in [3.63, 3.8) is 0 Å². The van der Waals surface area contributed by atoms with E-state index in [-0.39, 0.29) is 35.8 Å². The Morgan fingerprint density at radius 2 is 2.08 bits per heavy atom. The lowest BCUT2D eigenvalue weighted by molar-refractivity contribution is -0.126. The molecule has 3 unspecified atom stereocenters. The molecule has 1 aliphatic rings. The molecule has 0 radical (unpaired) electrons. The van der Waals surface area contributed by atoms with Crippen LogP contribution in [0.4, 0.5) is 0 Å². The Morgan fingerprint density at radius 3 is 2.62 bits per heavy atom. The van der Waals surface area contributed by atoms with Crippen molar-refractivity contribution < 1.29 is 4.79 Å². The van der Waals surface area contributed by atoms with E-state index in [1.54, 1.807) is 12.1 Å². The zero-order chi connectivity index (χ0) is 17.2. The molecule has 24 heavy (non-hydrogen) atoms. The molecule has 1 heterocycles. The van der Waals surface area contributed by atoms with Gasteiger partial charge in [-0.2, -0.15) is 0 Å². The number of amides is 1. The van der Waals surface area contributed by atoms with Gasteiger partial charge in [0.2, 0.25) is 5.91 Å². The SMILES string of the molecule is CC(NC(=O)C(C)N1CCC(C)(CN)C1)c1ccc(Cl)cc1Cl.Cl. The summed E-state index contributed by atoms with van der Waals surface area (Å²) >= 11 is 12.1. The van der Waals surface area contributed by atoms with E-state index in [9.17, 15) is 4.79 Å². The normalized spacial score (nSPS) is 23.4. The predicted molar refractivity (Wildman–Crippen MR) is 103 cm³/mol. The number of hydrogen-bond donors (Lipinski definition) is 2. The Kier molecular flexibility index (Phi) is 7.82. The Balaban J connectivity index is 0.00000288. The Hall–Kier alpha value is -0.520. The topological polar surface area (TPSA) is 58.4 Å². The summed E-state index contributed by atoms with van der Waals surface area (Å²) in [5.74, 6) is 0.00443. The lowest BCUT2D eigenvalue weighted by Gasteiger charge is -2.28. The van der Waals surface area contributed by atoms with Crippen LogP contribution in [0.25, 0.3) is 0 Å². The maximum Gasteiger partial charge on any atom is 0.237 e. The van der Waals surface area contributed by atoms with Crippen molar-refractivity contribution in [2.75, 3.05) is 19.6 Å². The standard InChI is InChI=1S/C17H25Cl2N3O.ClH/c1-11(14-5-4-13(18)8-15(14)19)21-16(23)12(2)22-7-6-17(3,9-20)10-22;/h4-5,8,11-12H,6-7,9-10,20H2,1-3H3,(H,21,23);1H. The minimum atomic E-state index is -0.183. The Labute approximate surface area is 160 Å². The first-order chi connectivity index (χ1) is 10.8. The first-order valence-electron chi connectivity index (χ1n) is 7.95. The van der Waals surface area contributed by atoms with Crippen LogP contribution in [-0.2, 0) is 4.79 Å². The third kappa shape index (κ3) is 4.99. The Morgan fingerprint density at radius 1 is 1.42 bits per heavy atom. The van der Waals surface area contributed by atoms with Crippen molar-refractivity contribution in [2.45, 2.75) is 39.3 Å². The zero-order valence-corrected chi connectivity index (χ0v) is 16.6. The lowest BCUT2D eigenvalue weighted by atomic mass is 9.90. The zero-order valence-electron chi connectivity index (χ0n) is 14.3. The Bertz CT molecular complexity index is 584. The second kappa shape index (κ2) is 8.72. The molecule has 1 aromatic carbocycles. The largest absolute Gasteiger partial charge is 0.348 e. The van der Waals surface area contributed by atoms with Gasteiger partial charge in [-0.15, -0.1) is 12.4 Å². The van der Waals surface area contributed by atoms with Gasteiger partial charge in [0.05, 0.1) is 12.1 Å². The molecule has 7 heteroatoms. The third-order valence-corrected chi connectivity index (χ3v) is 5.36. The van der Waals surface area contributed by atoms with E-state index in [2.05, 4.69) is 17.1 Å². The van der Waals surface area contributed by atoms with Gasteiger partial charge in [0.25, 0.3) is 0 Å². The van der Waals surface area contributed by atoms with Gasteiger partial charge >= 0.3 is 0 Å². The van der Waals surface area contributed by atoms with Crippen molar-refractivity contribution in [3.8, 4) is 0 Å².